The molecule has 0 aliphatic carbocycles. The first-order valence-electron chi connectivity index (χ1n) is 6.09. The first-order chi connectivity index (χ1) is 8.47. The van der Waals surface area contributed by atoms with Crippen molar-refractivity contribution in [3.05, 3.63) is 17.5 Å². The fraction of sp³-hybridized carbons (Fsp3) is 0.727. The zero-order chi connectivity index (χ0) is 13.6. The second-order valence-electron chi connectivity index (χ2n) is 4.43. The van der Waals surface area contributed by atoms with E-state index in [0.717, 1.165) is 24.1 Å². The molecule has 18 heavy (non-hydrogen) atoms. The van der Waals surface area contributed by atoms with Gasteiger partial charge in [-0.2, -0.15) is 5.10 Å². The summed E-state index contributed by atoms with van der Waals surface area (Å²) in [6.45, 7) is 4.57. The fourth-order valence-corrected chi connectivity index (χ4v) is 2.76. The molecule has 1 heterocycles. The van der Waals surface area contributed by atoms with Crippen molar-refractivity contribution in [2.24, 2.45) is 0 Å². The summed E-state index contributed by atoms with van der Waals surface area (Å²) in [5.74, 6) is 0. The van der Waals surface area contributed by atoms with Crippen LogP contribution in [0.2, 0.25) is 0 Å². The van der Waals surface area contributed by atoms with Gasteiger partial charge in [-0.15, -0.1) is 0 Å². The van der Waals surface area contributed by atoms with E-state index >= 15 is 0 Å². The van der Waals surface area contributed by atoms with E-state index in [1.54, 1.807) is 20.2 Å². The number of H-pyrrole nitrogens is 1. The minimum absolute atomic E-state index is 0.418. The summed E-state index contributed by atoms with van der Waals surface area (Å²) in [5, 5.41) is 9.24. The Hall–Kier alpha value is -0.920. The lowest BCUT2D eigenvalue weighted by Gasteiger charge is -2.13. The van der Waals surface area contributed by atoms with Gasteiger partial charge in [0, 0.05) is 18.8 Å². The molecular formula is C11H22N4O2S. The summed E-state index contributed by atoms with van der Waals surface area (Å²) in [6, 6.07) is 0. The summed E-state index contributed by atoms with van der Waals surface area (Å²) in [7, 11) is -1.47. The monoisotopic (exact) mass is 274 g/mol. The quantitative estimate of drug-likeness (QED) is 0.590. The highest BCUT2D eigenvalue weighted by atomic mass is 32.2. The molecule has 0 radical (unpaired) electrons. The van der Waals surface area contributed by atoms with Crippen LogP contribution >= 0.6 is 0 Å². The van der Waals surface area contributed by atoms with Crippen LogP contribution in [0.25, 0.3) is 0 Å². The molecular weight excluding hydrogens is 252 g/mol. The van der Waals surface area contributed by atoms with E-state index in [-0.39, 0.29) is 0 Å². The molecule has 1 unspecified atom stereocenters. The molecule has 7 heteroatoms. The van der Waals surface area contributed by atoms with Gasteiger partial charge in [0.05, 0.1) is 11.4 Å². The predicted molar refractivity (Wildman–Crippen MR) is 72.0 cm³/mol. The van der Waals surface area contributed by atoms with Crippen LogP contribution in [0.4, 0.5) is 0 Å². The summed E-state index contributed by atoms with van der Waals surface area (Å²) in [5.41, 5.74) is 2.18. The van der Waals surface area contributed by atoms with Crippen LogP contribution in [0.5, 0.6) is 0 Å². The van der Waals surface area contributed by atoms with Crippen LogP contribution in [0.1, 0.15) is 24.6 Å². The van der Waals surface area contributed by atoms with E-state index in [9.17, 15) is 8.42 Å². The van der Waals surface area contributed by atoms with Gasteiger partial charge in [-0.1, -0.05) is 0 Å². The number of aryl methyl sites for hydroxylation is 2. The first kappa shape index (κ1) is 15.1. The topological polar surface area (TPSA) is 86.9 Å². The van der Waals surface area contributed by atoms with E-state index < -0.39 is 15.3 Å². The SMILES string of the molecule is CNCC(C)S(=O)(=O)NCCCc1cn[nH]c1C. The molecule has 0 fully saturated rings. The van der Waals surface area contributed by atoms with Crippen molar-refractivity contribution in [2.75, 3.05) is 20.1 Å². The lowest BCUT2D eigenvalue weighted by molar-refractivity contribution is 0.561. The molecule has 0 aromatic carbocycles. The maximum Gasteiger partial charge on any atom is 0.215 e. The molecule has 1 aromatic rings. The van der Waals surface area contributed by atoms with Gasteiger partial charge < -0.3 is 5.32 Å². The molecule has 0 aliphatic rings. The molecule has 0 bridgehead atoms. The van der Waals surface area contributed by atoms with Gasteiger partial charge in [0.1, 0.15) is 0 Å². The van der Waals surface area contributed by atoms with Gasteiger partial charge in [-0.25, -0.2) is 13.1 Å². The third-order valence-corrected chi connectivity index (χ3v) is 4.71. The van der Waals surface area contributed by atoms with Crippen LogP contribution in [0.15, 0.2) is 6.20 Å². The molecule has 3 N–H and O–H groups in total. The number of aromatic amines is 1. The van der Waals surface area contributed by atoms with Gasteiger partial charge in [0.15, 0.2) is 0 Å². The summed E-state index contributed by atoms with van der Waals surface area (Å²) in [4.78, 5) is 0. The Balaban J connectivity index is 2.31. The van der Waals surface area contributed by atoms with Crippen LogP contribution in [0, 0.1) is 6.92 Å². The molecule has 1 aromatic heterocycles. The van der Waals surface area contributed by atoms with Crippen molar-refractivity contribution in [3.8, 4) is 0 Å². The Morgan fingerprint density at radius 3 is 2.78 bits per heavy atom. The highest BCUT2D eigenvalue weighted by molar-refractivity contribution is 7.90. The number of nitrogens with one attached hydrogen (secondary N) is 3. The van der Waals surface area contributed by atoms with E-state index in [0.29, 0.717) is 13.1 Å². The second kappa shape index (κ2) is 6.86. The van der Waals surface area contributed by atoms with Crippen molar-refractivity contribution < 1.29 is 8.42 Å². The minimum atomic E-state index is -3.21. The largest absolute Gasteiger partial charge is 0.318 e. The Bertz CT molecular complexity index is 455. The lowest BCUT2D eigenvalue weighted by Crippen LogP contribution is -2.38. The number of sulfonamides is 1. The Kier molecular flexibility index (Phi) is 5.77. The van der Waals surface area contributed by atoms with Crippen LogP contribution in [-0.4, -0.2) is 44.0 Å². The van der Waals surface area contributed by atoms with E-state index in [2.05, 4.69) is 20.2 Å². The van der Waals surface area contributed by atoms with Crippen molar-refractivity contribution in [3.63, 3.8) is 0 Å². The normalized spacial score (nSPS) is 13.7. The van der Waals surface area contributed by atoms with Gasteiger partial charge >= 0.3 is 0 Å². The van der Waals surface area contributed by atoms with E-state index in [1.807, 2.05) is 6.92 Å². The third-order valence-electron chi connectivity index (χ3n) is 2.88. The average Bonchev–Trinajstić information content (AvgIpc) is 2.71. The zero-order valence-corrected chi connectivity index (χ0v) is 12.0. The first-order valence-corrected chi connectivity index (χ1v) is 7.64. The number of aromatic nitrogens is 2. The average molecular weight is 274 g/mol. The van der Waals surface area contributed by atoms with Crippen molar-refractivity contribution in [1.29, 1.82) is 0 Å². The summed E-state index contributed by atoms with van der Waals surface area (Å²) < 4.78 is 26.2. The van der Waals surface area contributed by atoms with Crippen molar-refractivity contribution in [2.45, 2.75) is 31.9 Å². The Morgan fingerprint density at radius 2 is 2.22 bits per heavy atom. The maximum atomic E-state index is 11.8. The lowest BCUT2D eigenvalue weighted by atomic mass is 10.1. The van der Waals surface area contributed by atoms with Gasteiger partial charge in [0.2, 0.25) is 10.0 Å². The zero-order valence-electron chi connectivity index (χ0n) is 11.2. The van der Waals surface area contributed by atoms with Crippen LogP contribution in [-0.2, 0) is 16.4 Å². The smallest absolute Gasteiger partial charge is 0.215 e. The Morgan fingerprint density at radius 1 is 1.50 bits per heavy atom. The number of hydrogen-bond donors (Lipinski definition) is 3. The molecule has 1 rings (SSSR count). The number of rotatable bonds is 8. The van der Waals surface area contributed by atoms with Gasteiger partial charge in [-0.3, -0.25) is 5.10 Å². The Labute approximate surface area is 109 Å². The molecule has 0 saturated heterocycles. The molecule has 104 valence electrons. The van der Waals surface area contributed by atoms with E-state index in [1.165, 1.54) is 0 Å². The number of hydrogen-bond acceptors (Lipinski definition) is 4. The highest BCUT2D eigenvalue weighted by Gasteiger charge is 2.18. The molecule has 0 saturated carbocycles. The summed E-state index contributed by atoms with van der Waals surface area (Å²) in [6.07, 6.45) is 3.38. The molecule has 0 spiro atoms. The number of nitrogens with zero attached hydrogens (tertiary/aromatic N) is 1. The predicted octanol–water partition coefficient (Wildman–Crippen LogP) is 0.178. The molecule has 1 atom stereocenters. The fourth-order valence-electron chi connectivity index (χ4n) is 1.66. The van der Waals surface area contributed by atoms with Gasteiger partial charge in [0.25, 0.3) is 0 Å². The van der Waals surface area contributed by atoms with Gasteiger partial charge in [-0.05, 0) is 39.3 Å². The molecule has 0 aliphatic heterocycles. The van der Waals surface area contributed by atoms with Crippen molar-refractivity contribution >= 4 is 10.0 Å². The maximum absolute atomic E-state index is 11.8. The second-order valence-corrected chi connectivity index (χ2v) is 6.61. The van der Waals surface area contributed by atoms with Crippen molar-refractivity contribution in [1.82, 2.24) is 20.2 Å². The molecule has 6 nitrogen and oxygen atoms in total. The van der Waals surface area contributed by atoms with Crippen LogP contribution in [0.3, 0.4) is 0 Å². The summed E-state index contributed by atoms with van der Waals surface area (Å²) >= 11 is 0. The highest BCUT2D eigenvalue weighted by Crippen LogP contribution is 2.05. The third kappa shape index (κ3) is 4.40. The van der Waals surface area contributed by atoms with Crippen LogP contribution < -0.4 is 10.0 Å². The standard InChI is InChI=1S/C11H22N4O2S/c1-9(7-12-3)18(16,17)14-6-4-5-11-8-13-15-10(11)2/h8-9,12,14H,4-7H2,1-3H3,(H,13,15). The minimum Gasteiger partial charge on any atom is -0.318 e. The van der Waals surface area contributed by atoms with E-state index in [4.69, 9.17) is 0 Å². The molecule has 0 amide bonds.